The third kappa shape index (κ3) is 2.21. The Hall–Kier alpha value is -1.20. The van der Waals surface area contributed by atoms with Crippen LogP contribution in [0, 0.1) is 0 Å². The predicted octanol–water partition coefficient (Wildman–Crippen LogP) is 2.51. The topological polar surface area (TPSA) is 39.9 Å². The highest BCUT2D eigenvalue weighted by atomic mass is 79.9. The molecule has 1 atom stereocenters. The lowest BCUT2D eigenvalue weighted by molar-refractivity contribution is 0.185. The molecule has 1 aromatic carbocycles. The van der Waals surface area contributed by atoms with E-state index >= 15 is 0 Å². The summed E-state index contributed by atoms with van der Waals surface area (Å²) in [5.41, 5.74) is 2.81. The quantitative estimate of drug-likeness (QED) is 0.794. The first-order valence-corrected chi connectivity index (χ1v) is 7.52. The Bertz CT molecular complexity index is 582. The first-order valence-electron chi connectivity index (χ1n) is 6.39. The summed E-state index contributed by atoms with van der Waals surface area (Å²) < 4.78 is 7.36. The molecule has 1 aliphatic rings. The standard InChI is InChI=1S/C14H16BrN3O/c1-19-7-6-18-13(9-15)16-17-14(18)12-8-10-4-2-3-5-11(10)12/h2-5,12H,6-9H2,1H3. The number of hydrogen-bond donors (Lipinski definition) is 0. The molecule has 0 radical (unpaired) electrons. The van der Waals surface area contributed by atoms with E-state index in [0.29, 0.717) is 12.5 Å². The number of alkyl halides is 1. The number of rotatable bonds is 5. The van der Waals surface area contributed by atoms with Crippen LogP contribution in [0.1, 0.15) is 28.7 Å². The van der Waals surface area contributed by atoms with Gasteiger partial charge < -0.3 is 9.30 Å². The molecule has 0 N–H and O–H groups in total. The Morgan fingerprint density at radius 2 is 2.21 bits per heavy atom. The minimum atomic E-state index is 0.383. The molecular formula is C14H16BrN3O. The highest BCUT2D eigenvalue weighted by Crippen LogP contribution is 2.39. The van der Waals surface area contributed by atoms with Gasteiger partial charge in [-0.1, -0.05) is 40.2 Å². The summed E-state index contributed by atoms with van der Waals surface area (Å²) in [5, 5.41) is 9.38. The Labute approximate surface area is 120 Å². The van der Waals surface area contributed by atoms with Gasteiger partial charge in [0.05, 0.1) is 11.9 Å². The molecule has 4 nitrogen and oxygen atoms in total. The monoisotopic (exact) mass is 321 g/mol. The minimum absolute atomic E-state index is 0.383. The number of ether oxygens (including phenoxy) is 1. The lowest BCUT2D eigenvalue weighted by atomic mass is 9.77. The summed E-state index contributed by atoms with van der Waals surface area (Å²) >= 11 is 3.47. The van der Waals surface area contributed by atoms with Crippen molar-refractivity contribution in [3.05, 3.63) is 47.0 Å². The van der Waals surface area contributed by atoms with Gasteiger partial charge in [-0.05, 0) is 17.5 Å². The SMILES string of the molecule is COCCn1c(CBr)nnc1C1Cc2ccccc21. The van der Waals surface area contributed by atoms with E-state index in [1.165, 1.54) is 11.1 Å². The molecule has 0 saturated heterocycles. The Morgan fingerprint density at radius 3 is 2.95 bits per heavy atom. The van der Waals surface area contributed by atoms with Crippen LogP contribution in [0.15, 0.2) is 24.3 Å². The number of aromatic nitrogens is 3. The number of fused-ring (bicyclic) bond motifs is 1. The third-order valence-corrected chi connectivity index (χ3v) is 4.16. The van der Waals surface area contributed by atoms with Crippen LogP contribution in [0.4, 0.5) is 0 Å². The summed E-state index contributed by atoms with van der Waals surface area (Å²) in [4.78, 5) is 0. The average Bonchev–Trinajstić information content (AvgIpc) is 2.80. The van der Waals surface area contributed by atoms with Crippen molar-refractivity contribution in [2.24, 2.45) is 0 Å². The predicted molar refractivity (Wildman–Crippen MR) is 76.5 cm³/mol. The molecule has 0 saturated carbocycles. The molecule has 1 aromatic heterocycles. The molecule has 1 aliphatic carbocycles. The van der Waals surface area contributed by atoms with Gasteiger partial charge in [-0.2, -0.15) is 0 Å². The lowest BCUT2D eigenvalue weighted by Gasteiger charge is -2.29. The zero-order valence-electron chi connectivity index (χ0n) is 10.8. The van der Waals surface area contributed by atoms with E-state index in [2.05, 4.69) is 55.0 Å². The van der Waals surface area contributed by atoms with Crippen LogP contribution in [0.3, 0.4) is 0 Å². The summed E-state index contributed by atoms with van der Waals surface area (Å²) in [6.07, 6.45) is 1.06. The highest BCUT2D eigenvalue weighted by molar-refractivity contribution is 9.08. The van der Waals surface area contributed by atoms with Gasteiger partial charge in [0.1, 0.15) is 11.6 Å². The van der Waals surface area contributed by atoms with Crippen molar-refractivity contribution in [1.82, 2.24) is 14.8 Å². The summed E-state index contributed by atoms with van der Waals surface area (Å²) in [6, 6.07) is 8.56. The maximum Gasteiger partial charge on any atom is 0.143 e. The van der Waals surface area contributed by atoms with Gasteiger partial charge in [0.2, 0.25) is 0 Å². The fourth-order valence-electron chi connectivity index (χ4n) is 2.62. The molecule has 0 spiro atoms. The van der Waals surface area contributed by atoms with Crippen molar-refractivity contribution >= 4 is 15.9 Å². The molecule has 100 valence electrons. The molecule has 0 amide bonds. The van der Waals surface area contributed by atoms with E-state index in [1.807, 2.05) is 0 Å². The van der Waals surface area contributed by atoms with Crippen molar-refractivity contribution in [2.75, 3.05) is 13.7 Å². The summed E-state index contributed by atoms with van der Waals surface area (Å²) in [7, 11) is 1.72. The van der Waals surface area contributed by atoms with Gasteiger partial charge in [-0.3, -0.25) is 0 Å². The van der Waals surface area contributed by atoms with E-state index in [1.54, 1.807) is 7.11 Å². The number of halogens is 1. The van der Waals surface area contributed by atoms with E-state index in [0.717, 1.165) is 29.9 Å². The van der Waals surface area contributed by atoms with Gasteiger partial charge in [0.15, 0.2) is 0 Å². The smallest absolute Gasteiger partial charge is 0.143 e. The van der Waals surface area contributed by atoms with Crippen LogP contribution in [0.5, 0.6) is 0 Å². The summed E-state index contributed by atoms with van der Waals surface area (Å²) in [6.45, 7) is 1.48. The molecule has 0 fully saturated rings. The van der Waals surface area contributed by atoms with Crippen LogP contribution in [-0.2, 0) is 23.0 Å². The minimum Gasteiger partial charge on any atom is -0.383 e. The van der Waals surface area contributed by atoms with Crippen molar-refractivity contribution in [2.45, 2.75) is 24.2 Å². The van der Waals surface area contributed by atoms with Crippen LogP contribution in [-0.4, -0.2) is 28.5 Å². The van der Waals surface area contributed by atoms with Crippen molar-refractivity contribution < 1.29 is 4.74 Å². The molecule has 3 rings (SSSR count). The normalized spacial score (nSPS) is 17.1. The zero-order valence-corrected chi connectivity index (χ0v) is 12.4. The van der Waals surface area contributed by atoms with Crippen molar-refractivity contribution in [3.8, 4) is 0 Å². The van der Waals surface area contributed by atoms with Crippen molar-refractivity contribution in [1.29, 1.82) is 0 Å². The van der Waals surface area contributed by atoms with Crippen LogP contribution in [0.2, 0.25) is 0 Å². The fraction of sp³-hybridized carbons (Fsp3) is 0.429. The second-order valence-corrected chi connectivity index (χ2v) is 5.27. The van der Waals surface area contributed by atoms with Gasteiger partial charge in [0.25, 0.3) is 0 Å². The molecule has 0 aliphatic heterocycles. The maximum atomic E-state index is 5.18. The Kier molecular flexibility index (Phi) is 3.66. The van der Waals surface area contributed by atoms with E-state index < -0.39 is 0 Å². The van der Waals surface area contributed by atoms with E-state index in [4.69, 9.17) is 4.74 Å². The Morgan fingerprint density at radius 1 is 1.37 bits per heavy atom. The van der Waals surface area contributed by atoms with Crippen LogP contribution in [0.25, 0.3) is 0 Å². The van der Waals surface area contributed by atoms with E-state index in [-0.39, 0.29) is 0 Å². The molecule has 0 bridgehead atoms. The van der Waals surface area contributed by atoms with Crippen molar-refractivity contribution in [3.63, 3.8) is 0 Å². The molecule has 1 heterocycles. The highest BCUT2D eigenvalue weighted by Gasteiger charge is 2.31. The largest absolute Gasteiger partial charge is 0.383 e. The number of hydrogen-bond acceptors (Lipinski definition) is 3. The Balaban J connectivity index is 1.92. The van der Waals surface area contributed by atoms with E-state index in [9.17, 15) is 0 Å². The second kappa shape index (κ2) is 5.43. The molecule has 19 heavy (non-hydrogen) atoms. The lowest BCUT2D eigenvalue weighted by Crippen LogP contribution is -2.23. The van der Waals surface area contributed by atoms with Gasteiger partial charge >= 0.3 is 0 Å². The average molecular weight is 322 g/mol. The maximum absolute atomic E-state index is 5.18. The third-order valence-electron chi connectivity index (χ3n) is 3.66. The number of nitrogens with zero attached hydrogens (tertiary/aromatic N) is 3. The van der Waals surface area contributed by atoms with Gasteiger partial charge in [-0.15, -0.1) is 10.2 Å². The fourth-order valence-corrected chi connectivity index (χ4v) is 3.04. The zero-order chi connectivity index (χ0) is 13.2. The number of benzene rings is 1. The first kappa shape index (κ1) is 12.8. The number of methoxy groups -OCH3 is 1. The second-order valence-electron chi connectivity index (χ2n) is 4.71. The van der Waals surface area contributed by atoms with Gasteiger partial charge in [-0.25, -0.2) is 0 Å². The molecular weight excluding hydrogens is 306 g/mol. The summed E-state index contributed by atoms with van der Waals surface area (Å²) in [5.74, 6) is 2.41. The van der Waals surface area contributed by atoms with Gasteiger partial charge in [0, 0.05) is 19.6 Å². The van der Waals surface area contributed by atoms with Crippen LogP contribution < -0.4 is 0 Å². The molecule has 5 heteroatoms. The van der Waals surface area contributed by atoms with Crippen LogP contribution >= 0.6 is 15.9 Å². The molecule has 2 aromatic rings. The molecule has 1 unspecified atom stereocenters. The first-order chi connectivity index (χ1) is 9.35.